The normalized spacial score (nSPS) is 9.82. The molecule has 0 aromatic heterocycles. The van der Waals surface area contributed by atoms with Crippen LogP contribution < -0.4 is 0 Å². The molecule has 0 nitrogen and oxygen atoms in total. The summed E-state index contributed by atoms with van der Waals surface area (Å²) in [7, 11) is 0. The average molecular weight is 608 g/mol. The molecule has 4 radical (unpaired) electrons. The number of rotatable bonds is 18. The Hall–Kier alpha value is 1.50. The van der Waals surface area contributed by atoms with Crippen molar-refractivity contribution in [1.82, 2.24) is 0 Å². The van der Waals surface area contributed by atoms with Crippen LogP contribution in [0.4, 0.5) is 0 Å². The summed E-state index contributed by atoms with van der Waals surface area (Å²) in [6, 6.07) is 0. The molecule has 0 fully saturated rings. The van der Waals surface area contributed by atoms with E-state index in [1.54, 1.807) is 0 Å². The second-order valence-corrected chi connectivity index (χ2v) is 10.9. The average Bonchev–Trinajstić information content (AvgIpc) is 2.72. The molecule has 0 heterocycles. The molecule has 0 saturated carbocycles. The molecular weight excluding hydrogens is 543 g/mol. The van der Waals surface area contributed by atoms with E-state index in [1.807, 2.05) is 0 Å². The van der Waals surface area contributed by atoms with Gasteiger partial charge < -0.3 is 25.3 Å². The van der Waals surface area contributed by atoms with Gasteiger partial charge in [0.05, 0.1) is 0 Å². The molecule has 0 amide bonds. The number of hydrogen-bond donors (Lipinski definition) is 0. The summed E-state index contributed by atoms with van der Waals surface area (Å²) < 4.78 is 0. The Morgan fingerprint density at radius 2 is 0.515 bits per heavy atom. The van der Waals surface area contributed by atoms with Crippen molar-refractivity contribution in [2.24, 2.45) is 0 Å². The fraction of sp³-hybridized carbons (Fsp3) is 0.933. The molecule has 0 spiro atoms. The van der Waals surface area contributed by atoms with E-state index in [9.17, 15) is 0 Å². The van der Waals surface area contributed by atoms with E-state index in [1.165, 1.54) is 127 Å². The van der Waals surface area contributed by atoms with E-state index in [0.29, 0.717) is 0 Å². The molecule has 0 N–H and O–H groups in total. The Morgan fingerprint density at radius 1 is 0.364 bits per heavy atom. The molecular formula is C30H64S2Sn. The van der Waals surface area contributed by atoms with Crippen molar-refractivity contribution in [2.45, 2.75) is 171 Å². The van der Waals surface area contributed by atoms with Crippen molar-refractivity contribution in [3.8, 4) is 0 Å². The zero-order chi connectivity index (χ0) is 25.3. The van der Waals surface area contributed by atoms with Crippen LogP contribution in [0.25, 0.3) is 0 Å². The summed E-state index contributed by atoms with van der Waals surface area (Å²) in [6.07, 6.45) is 25.1. The zero-order valence-corrected chi connectivity index (χ0v) is 28.9. The fourth-order valence-corrected chi connectivity index (χ4v) is 3.23. The molecule has 3 heteroatoms. The molecule has 0 aliphatic rings. The van der Waals surface area contributed by atoms with Crippen LogP contribution in [0.1, 0.15) is 171 Å². The van der Waals surface area contributed by atoms with E-state index in [-0.39, 0.29) is 23.9 Å². The van der Waals surface area contributed by atoms with Gasteiger partial charge >= 0.3 is 23.9 Å². The molecule has 0 rings (SSSR count). The first-order valence-corrected chi connectivity index (χ1v) is 15.1. The molecule has 0 aliphatic carbocycles. The van der Waals surface area contributed by atoms with Crippen molar-refractivity contribution in [3.63, 3.8) is 0 Å². The molecule has 33 heavy (non-hydrogen) atoms. The Labute approximate surface area is 242 Å². The third kappa shape index (κ3) is 87.4. The minimum Gasteiger partial charge on any atom is -0.793 e. The Bertz CT molecular complexity index is 206. The van der Waals surface area contributed by atoms with Crippen LogP contribution in [0.5, 0.6) is 0 Å². The maximum Gasteiger partial charge on any atom is 2.00 e. The van der Waals surface area contributed by atoms with Gasteiger partial charge in [-0.1, -0.05) is 171 Å². The minimum absolute atomic E-state index is 0. The Morgan fingerprint density at radius 3 is 0.667 bits per heavy atom. The summed E-state index contributed by atoms with van der Waals surface area (Å²) in [5, 5.41) is 0. The van der Waals surface area contributed by atoms with E-state index >= 15 is 0 Å². The van der Waals surface area contributed by atoms with Crippen molar-refractivity contribution >= 4 is 49.2 Å². The van der Waals surface area contributed by atoms with Gasteiger partial charge in [0.1, 0.15) is 0 Å². The first-order chi connectivity index (χ1) is 15.3. The maximum absolute atomic E-state index is 4.89. The predicted octanol–water partition coefficient (Wildman–Crippen LogP) is 11.0. The van der Waals surface area contributed by atoms with Gasteiger partial charge in [-0.15, -0.1) is 0 Å². The standard InChI is InChI=1S/2C11H24S.2C4H9.Sn/c2*1-2-3-4-5-6-7-8-9-10-11-12;2*1-4(2)3;/h2*12H,2-11H2,1H3;2*1-3H3;/q;;;;+2/p-2. The molecule has 0 aliphatic heterocycles. The van der Waals surface area contributed by atoms with Crippen molar-refractivity contribution in [1.29, 1.82) is 0 Å². The fourth-order valence-electron chi connectivity index (χ4n) is 2.83. The van der Waals surface area contributed by atoms with Crippen molar-refractivity contribution in [2.75, 3.05) is 11.5 Å². The summed E-state index contributed by atoms with van der Waals surface area (Å²) in [5.74, 6) is 4.74. The van der Waals surface area contributed by atoms with Gasteiger partial charge in [0.25, 0.3) is 0 Å². The third-order valence-corrected chi connectivity index (χ3v) is 5.07. The van der Waals surface area contributed by atoms with Gasteiger partial charge in [-0.05, 0) is 11.8 Å². The van der Waals surface area contributed by atoms with E-state index in [0.717, 1.165) is 11.5 Å². The van der Waals surface area contributed by atoms with Crippen LogP contribution in [-0.2, 0) is 25.3 Å². The van der Waals surface area contributed by atoms with Crippen LogP contribution in [0.15, 0.2) is 0 Å². The molecule has 0 atom stereocenters. The molecule has 0 aromatic carbocycles. The van der Waals surface area contributed by atoms with Crippen molar-refractivity contribution < 1.29 is 0 Å². The smallest absolute Gasteiger partial charge is 0.793 e. The second-order valence-electron chi connectivity index (χ2n) is 10.1. The van der Waals surface area contributed by atoms with Gasteiger partial charge in [0.2, 0.25) is 0 Å². The molecule has 0 aromatic rings. The van der Waals surface area contributed by atoms with Gasteiger partial charge in [0.15, 0.2) is 0 Å². The van der Waals surface area contributed by atoms with E-state index in [4.69, 9.17) is 25.3 Å². The van der Waals surface area contributed by atoms with Crippen LogP contribution in [0.3, 0.4) is 0 Å². The monoisotopic (exact) mass is 608 g/mol. The first-order valence-electron chi connectivity index (χ1n) is 14.0. The molecule has 0 saturated heterocycles. The van der Waals surface area contributed by atoms with Crippen LogP contribution in [-0.4, -0.2) is 35.4 Å². The molecule has 0 unspecified atom stereocenters. The minimum atomic E-state index is 0. The Kier molecular flexibility index (Phi) is 63.1. The SMILES string of the molecule is CCCCCCCCCCC[S-].CCCCCCCCCCC[S-].C[C](C)C.C[C](C)C.[Sn+2]. The third-order valence-electron chi connectivity index (χ3n) is 4.50. The van der Waals surface area contributed by atoms with Gasteiger partial charge in [0, 0.05) is 0 Å². The van der Waals surface area contributed by atoms with Crippen molar-refractivity contribution in [3.05, 3.63) is 11.8 Å². The van der Waals surface area contributed by atoms with Gasteiger partial charge in [-0.25, -0.2) is 0 Å². The summed E-state index contributed by atoms with van der Waals surface area (Å²) in [4.78, 5) is 0. The van der Waals surface area contributed by atoms with Gasteiger partial charge in [-0.3, -0.25) is 0 Å². The topological polar surface area (TPSA) is 0 Å². The number of unbranched alkanes of at least 4 members (excludes halogenated alkanes) is 16. The summed E-state index contributed by atoms with van der Waals surface area (Å²) >= 11 is 9.77. The van der Waals surface area contributed by atoms with E-state index in [2.05, 4.69) is 55.4 Å². The van der Waals surface area contributed by atoms with E-state index < -0.39 is 0 Å². The first kappa shape index (κ1) is 44.5. The second kappa shape index (κ2) is 46.8. The summed E-state index contributed by atoms with van der Waals surface area (Å²) in [5.41, 5.74) is 0. The number of hydrogen-bond acceptors (Lipinski definition) is 2. The largest absolute Gasteiger partial charge is 2.00 e. The molecule has 0 bridgehead atoms. The van der Waals surface area contributed by atoms with Crippen LogP contribution >= 0.6 is 0 Å². The quantitative estimate of drug-likeness (QED) is 0.0864. The van der Waals surface area contributed by atoms with Crippen LogP contribution in [0.2, 0.25) is 0 Å². The predicted molar refractivity (Wildman–Crippen MR) is 165 cm³/mol. The van der Waals surface area contributed by atoms with Gasteiger partial charge in [-0.2, -0.15) is 11.5 Å². The summed E-state index contributed by atoms with van der Waals surface area (Å²) in [6.45, 7) is 17.0. The maximum atomic E-state index is 4.89. The zero-order valence-electron chi connectivity index (χ0n) is 24.5. The Balaban J connectivity index is -0.000000117. The molecule has 200 valence electrons. The van der Waals surface area contributed by atoms with Crippen LogP contribution in [0, 0.1) is 11.8 Å².